The van der Waals surface area contributed by atoms with E-state index in [9.17, 15) is 0 Å². The molecule has 0 spiro atoms. The van der Waals surface area contributed by atoms with Crippen molar-refractivity contribution in [3.05, 3.63) is 35.7 Å². The first-order valence-electron chi connectivity index (χ1n) is 8.96. The molecule has 0 bridgehead atoms. The molecule has 0 radical (unpaired) electrons. The summed E-state index contributed by atoms with van der Waals surface area (Å²) in [7, 11) is 0. The normalized spacial score (nSPS) is 17.9. The highest BCUT2D eigenvalue weighted by Gasteiger charge is 2.19. The van der Waals surface area contributed by atoms with Crippen molar-refractivity contribution >= 4 is 5.82 Å². The fourth-order valence-electron chi connectivity index (χ4n) is 3.27. The number of rotatable bonds is 5. The number of fused-ring (bicyclic) bond motifs is 1. The number of pyridine rings is 1. The Balaban J connectivity index is 1.52. The van der Waals surface area contributed by atoms with Crippen molar-refractivity contribution in [2.75, 3.05) is 51.3 Å². The smallest absolute Gasteiger partial charge is 0.180 e. The van der Waals surface area contributed by atoms with Crippen LogP contribution < -0.4 is 10.6 Å². The van der Waals surface area contributed by atoms with Crippen LogP contribution in [0.15, 0.2) is 24.4 Å². The predicted molar refractivity (Wildman–Crippen MR) is 96.4 cm³/mol. The van der Waals surface area contributed by atoms with E-state index in [1.165, 1.54) is 5.56 Å². The molecule has 2 aromatic heterocycles. The molecule has 7 heteroatoms. The van der Waals surface area contributed by atoms with Crippen molar-refractivity contribution in [2.45, 2.75) is 13.0 Å². The van der Waals surface area contributed by atoms with Crippen molar-refractivity contribution in [1.29, 1.82) is 0 Å². The average molecular weight is 340 g/mol. The van der Waals surface area contributed by atoms with Gasteiger partial charge in [0.1, 0.15) is 11.5 Å². The number of nitrogens with zero attached hydrogens (tertiary/aromatic N) is 4. The van der Waals surface area contributed by atoms with Crippen LogP contribution in [0.1, 0.15) is 11.3 Å². The predicted octanol–water partition coefficient (Wildman–Crippen LogP) is 0.928. The monoisotopic (exact) mass is 340 g/mol. The molecule has 1 saturated heterocycles. The van der Waals surface area contributed by atoms with Crippen LogP contribution in [0.5, 0.6) is 0 Å². The Hall–Kier alpha value is -2.09. The standard InChI is InChI=1S/C18H24N6O/c1-2-5-20-15(3-1)18-22-16-13-19-6-4-14(16)17(23-18)21-7-8-24-9-11-25-12-10-24/h1-3,5,19H,4,6-13H2,(H,21,22,23). The Labute approximate surface area is 147 Å². The van der Waals surface area contributed by atoms with Crippen LogP contribution >= 0.6 is 0 Å². The quantitative estimate of drug-likeness (QED) is 0.838. The van der Waals surface area contributed by atoms with Gasteiger partial charge in [-0.3, -0.25) is 9.88 Å². The Morgan fingerprint density at radius 3 is 2.96 bits per heavy atom. The van der Waals surface area contributed by atoms with Crippen LogP contribution in [-0.2, 0) is 17.7 Å². The van der Waals surface area contributed by atoms with Gasteiger partial charge in [-0.1, -0.05) is 6.07 Å². The Bertz CT molecular complexity index is 702. The Morgan fingerprint density at radius 1 is 1.20 bits per heavy atom. The zero-order valence-electron chi connectivity index (χ0n) is 14.4. The van der Waals surface area contributed by atoms with Crippen molar-refractivity contribution in [1.82, 2.24) is 25.2 Å². The second-order valence-electron chi connectivity index (χ2n) is 6.34. The van der Waals surface area contributed by atoms with E-state index in [2.05, 4.69) is 20.5 Å². The SMILES string of the molecule is c1ccc(-c2nc3c(c(NCCN4CCOCC4)n2)CCNC3)nc1. The van der Waals surface area contributed by atoms with Crippen molar-refractivity contribution in [3.63, 3.8) is 0 Å². The summed E-state index contributed by atoms with van der Waals surface area (Å²) in [6.07, 6.45) is 2.74. The molecule has 0 atom stereocenters. The lowest BCUT2D eigenvalue weighted by Gasteiger charge is -2.27. The van der Waals surface area contributed by atoms with E-state index in [4.69, 9.17) is 14.7 Å². The maximum atomic E-state index is 5.41. The topological polar surface area (TPSA) is 75.2 Å². The number of ether oxygens (including phenoxy) is 1. The van der Waals surface area contributed by atoms with Crippen molar-refractivity contribution in [3.8, 4) is 11.5 Å². The molecular formula is C18H24N6O. The lowest BCUT2D eigenvalue weighted by atomic mass is 10.1. The lowest BCUT2D eigenvalue weighted by Crippen LogP contribution is -2.39. The molecule has 0 aliphatic carbocycles. The van der Waals surface area contributed by atoms with Crippen LogP contribution in [0.25, 0.3) is 11.5 Å². The van der Waals surface area contributed by atoms with Gasteiger partial charge >= 0.3 is 0 Å². The summed E-state index contributed by atoms with van der Waals surface area (Å²) in [6.45, 7) is 7.31. The summed E-state index contributed by atoms with van der Waals surface area (Å²) >= 11 is 0. The van der Waals surface area contributed by atoms with E-state index in [-0.39, 0.29) is 0 Å². The maximum absolute atomic E-state index is 5.41. The molecule has 2 aliphatic rings. The van der Waals surface area contributed by atoms with Gasteiger partial charge in [0.2, 0.25) is 0 Å². The fourth-order valence-corrected chi connectivity index (χ4v) is 3.27. The minimum Gasteiger partial charge on any atom is -0.379 e. The van der Waals surface area contributed by atoms with Gasteiger partial charge in [0.05, 0.1) is 18.9 Å². The number of anilines is 1. The van der Waals surface area contributed by atoms with E-state index in [0.29, 0.717) is 5.82 Å². The molecule has 4 heterocycles. The number of hydrogen-bond donors (Lipinski definition) is 2. The number of morpholine rings is 1. The average Bonchev–Trinajstić information content (AvgIpc) is 2.69. The summed E-state index contributed by atoms with van der Waals surface area (Å²) < 4.78 is 5.41. The van der Waals surface area contributed by atoms with Gasteiger partial charge in [-0.15, -0.1) is 0 Å². The van der Waals surface area contributed by atoms with Gasteiger partial charge in [0, 0.05) is 44.5 Å². The summed E-state index contributed by atoms with van der Waals surface area (Å²) in [6, 6.07) is 5.83. The molecule has 2 aliphatic heterocycles. The summed E-state index contributed by atoms with van der Waals surface area (Å²) in [5.74, 6) is 1.65. The zero-order chi connectivity index (χ0) is 16.9. The van der Waals surface area contributed by atoms with Gasteiger partial charge in [-0.25, -0.2) is 9.97 Å². The van der Waals surface area contributed by atoms with Crippen LogP contribution in [-0.4, -0.2) is 65.8 Å². The van der Waals surface area contributed by atoms with E-state index >= 15 is 0 Å². The van der Waals surface area contributed by atoms with E-state index in [1.54, 1.807) is 6.20 Å². The third kappa shape index (κ3) is 3.95. The first-order valence-corrected chi connectivity index (χ1v) is 8.96. The minimum atomic E-state index is 0.692. The molecule has 132 valence electrons. The molecule has 2 N–H and O–H groups in total. The Kier molecular flexibility index (Phi) is 5.15. The second kappa shape index (κ2) is 7.86. The molecule has 7 nitrogen and oxygen atoms in total. The van der Waals surface area contributed by atoms with Crippen LogP contribution in [0.2, 0.25) is 0 Å². The van der Waals surface area contributed by atoms with Crippen LogP contribution in [0.4, 0.5) is 5.82 Å². The van der Waals surface area contributed by atoms with Crippen molar-refractivity contribution in [2.24, 2.45) is 0 Å². The third-order valence-corrected chi connectivity index (χ3v) is 4.66. The first-order chi connectivity index (χ1) is 12.4. The first kappa shape index (κ1) is 16.4. The minimum absolute atomic E-state index is 0.692. The highest BCUT2D eigenvalue weighted by Crippen LogP contribution is 2.23. The van der Waals surface area contributed by atoms with Gasteiger partial charge in [0.25, 0.3) is 0 Å². The largest absolute Gasteiger partial charge is 0.379 e. The second-order valence-corrected chi connectivity index (χ2v) is 6.34. The molecule has 0 unspecified atom stereocenters. The molecule has 0 amide bonds. The molecule has 2 aromatic rings. The number of hydrogen-bond acceptors (Lipinski definition) is 7. The van der Waals surface area contributed by atoms with Crippen LogP contribution in [0, 0.1) is 0 Å². The van der Waals surface area contributed by atoms with E-state index < -0.39 is 0 Å². The molecule has 0 saturated carbocycles. The van der Waals surface area contributed by atoms with Crippen LogP contribution in [0.3, 0.4) is 0 Å². The molecular weight excluding hydrogens is 316 g/mol. The fraction of sp³-hybridized carbons (Fsp3) is 0.500. The van der Waals surface area contributed by atoms with Gasteiger partial charge in [0.15, 0.2) is 5.82 Å². The molecule has 25 heavy (non-hydrogen) atoms. The van der Waals surface area contributed by atoms with Gasteiger partial charge in [-0.05, 0) is 25.1 Å². The number of aromatic nitrogens is 3. The van der Waals surface area contributed by atoms with E-state index in [1.807, 2.05) is 18.2 Å². The zero-order valence-corrected chi connectivity index (χ0v) is 14.4. The molecule has 0 aromatic carbocycles. The Morgan fingerprint density at radius 2 is 2.12 bits per heavy atom. The number of nitrogens with one attached hydrogen (secondary N) is 2. The lowest BCUT2D eigenvalue weighted by molar-refractivity contribution is 0.0398. The summed E-state index contributed by atoms with van der Waals surface area (Å²) in [4.78, 5) is 16.3. The van der Waals surface area contributed by atoms with Gasteiger partial charge in [-0.2, -0.15) is 0 Å². The summed E-state index contributed by atoms with van der Waals surface area (Å²) in [5, 5.41) is 6.94. The van der Waals surface area contributed by atoms with Crippen molar-refractivity contribution < 1.29 is 4.74 Å². The third-order valence-electron chi connectivity index (χ3n) is 4.66. The highest BCUT2D eigenvalue weighted by molar-refractivity contribution is 5.57. The molecule has 4 rings (SSSR count). The maximum Gasteiger partial charge on any atom is 0.180 e. The van der Waals surface area contributed by atoms with Gasteiger partial charge < -0.3 is 15.4 Å². The van der Waals surface area contributed by atoms with E-state index in [0.717, 1.165) is 76.1 Å². The summed E-state index contributed by atoms with van der Waals surface area (Å²) in [5.41, 5.74) is 3.13. The molecule has 1 fully saturated rings. The highest BCUT2D eigenvalue weighted by atomic mass is 16.5.